The lowest BCUT2D eigenvalue weighted by Gasteiger charge is -2.10. The molecule has 2 rings (SSSR count). The molecule has 20 heavy (non-hydrogen) atoms. The van der Waals surface area contributed by atoms with Gasteiger partial charge < -0.3 is 4.74 Å². The van der Waals surface area contributed by atoms with E-state index in [0.29, 0.717) is 20.8 Å². The van der Waals surface area contributed by atoms with Crippen LogP contribution in [0.3, 0.4) is 0 Å². The van der Waals surface area contributed by atoms with Crippen LogP contribution in [0.4, 0.5) is 0 Å². The summed E-state index contributed by atoms with van der Waals surface area (Å²) in [7, 11) is 0. The highest BCUT2D eigenvalue weighted by Gasteiger charge is 2.12. The van der Waals surface area contributed by atoms with Crippen molar-refractivity contribution in [2.24, 2.45) is 0 Å². The quantitative estimate of drug-likeness (QED) is 0.671. The van der Waals surface area contributed by atoms with Gasteiger partial charge in [-0.3, -0.25) is 4.79 Å². The van der Waals surface area contributed by atoms with Crippen molar-refractivity contribution in [3.8, 4) is 5.75 Å². The van der Waals surface area contributed by atoms with Gasteiger partial charge in [0.2, 0.25) is 0 Å². The van der Waals surface area contributed by atoms with Crippen LogP contribution in [0.15, 0.2) is 36.4 Å². The molecule has 0 aromatic heterocycles. The first-order valence-electron chi connectivity index (χ1n) is 5.53. The second-order valence-corrected chi connectivity index (χ2v) is 5.56. The Bertz CT molecular complexity index is 656. The third kappa shape index (κ3) is 3.80. The highest BCUT2D eigenvalue weighted by atomic mass is 35.5. The number of hydrogen-bond acceptors (Lipinski definition) is 2. The van der Waals surface area contributed by atoms with E-state index in [1.54, 1.807) is 30.3 Å². The largest absolute Gasteiger partial charge is 0.488 e. The minimum Gasteiger partial charge on any atom is -0.488 e. The van der Waals surface area contributed by atoms with Crippen LogP contribution in [0.2, 0.25) is 15.1 Å². The van der Waals surface area contributed by atoms with Gasteiger partial charge in [-0.2, -0.15) is 0 Å². The Morgan fingerprint density at radius 1 is 1.00 bits per heavy atom. The molecule has 0 N–H and O–H groups in total. The van der Waals surface area contributed by atoms with Gasteiger partial charge in [0.25, 0.3) is 5.24 Å². The summed E-state index contributed by atoms with van der Waals surface area (Å²) in [6.45, 7) is 0.189. The molecule has 0 heterocycles. The van der Waals surface area contributed by atoms with Gasteiger partial charge in [-0.1, -0.05) is 40.9 Å². The number of ether oxygens (including phenoxy) is 1. The van der Waals surface area contributed by atoms with Crippen LogP contribution >= 0.6 is 46.4 Å². The Balaban J connectivity index is 2.20. The standard InChI is InChI=1S/C14H8Cl4O2/c15-9-3-4-13(11(5-9)14(18)19)20-7-8-1-2-10(16)6-12(8)17/h1-6H,7H2. The molecule has 6 heteroatoms. The predicted molar refractivity (Wildman–Crippen MR) is 82.4 cm³/mol. The van der Waals surface area contributed by atoms with Crippen molar-refractivity contribution in [2.45, 2.75) is 6.61 Å². The molecule has 0 amide bonds. The third-order valence-corrected chi connectivity index (χ3v) is 3.58. The summed E-state index contributed by atoms with van der Waals surface area (Å²) in [4.78, 5) is 11.3. The summed E-state index contributed by atoms with van der Waals surface area (Å²) in [6, 6.07) is 9.74. The van der Waals surface area contributed by atoms with Crippen molar-refractivity contribution in [1.82, 2.24) is 0 Å². The maximum absolute atomic E-state index is 11.3. The molecule has 104 valence electrons. The van der Waals surface area contributed by atoms with Crippen LogP contribution in [-0.4, -0.2) is 5.24 Å². The Morgan fingerprint density at radius 3 is 2.30 bits per heavy atom. The zero-order valence-electron chi connectivity index (χ0n) is 10.00. The average molecular weight is 350 g/mol. The summed E-state index contributed by atoms with van der Waals surface area (Å²) in [5.74, 6) is 0.348. The van der Waals surface area contributed by atoms with E-state index in [-0.39, 0.29) is 12.2 Å². The normalized spacial score (nSPS) is 10.4. The SMILES string of the molecule is O=C(Cl)c1cc(Cl)ccc1OCc1ccc(Cl)cc1Cl. The van der Waals surface area contributed by atoms with Gasteiger partial charge in [0, 0.05) is 20.6 Å². The topological polar surface area (TPSA) is 26.3 Å². The highest BCUT2D eigenvalue weighted by molar-refractivity contribution is 6.68. The van der Waals surface area contributed by atoms with Gasteiger partial charge in [0.05, 0.1) is 5.56 Å². The monoisotopic (exact) mass is 348 g/mol. The first-order chi connectivity index (χ1) is 9.47. The molecular formula is C14H8Cl4O2. The van der Waals surface area contributed by atoms with Gasteiger partial charge in [-0.05, 0) is 41.9 Å². The molecule has 0 atom stereocenters. The molecule has 0 saturated carbocycles. The summed E-state index contributed by atoms with van der Waals surface area (Å²) >= 11 is 23.2. The molecular weight excluding hydrogens is 342 g/mol. The van der Waals surface area contributed by atoms with Crippen LogP contribution in [0, 0.1) is 0 Å². The van der Waals surface area contributed by atoms with E-state index < -0.39 is 5.24 Å². The van der Waals surface area contributed by atoms with E-state index in [1.165, 1.54) is 6.07 Å². The van der Waals surface area contributed by atoms with Crippen molar-refractivity contribution in [3.05, 3.63) is 62.6 Å². The Morgan fingerprint density at radius 2 is 1.65 bits per heavy atom. The minimum atomic E-state index is -0.635. The van der Waals surface area contributed by atoms with E-state index in [1.807, 2.05) is 0 Å². The second-order valence-electron chi connectivity index (χ2n) is 3.94. The summed E-state index contributed by atoms with van der Waals surface area (Å²) in [5.41, 5.74) is 0.961. The van der Waals surface area contributed by atoms with Gasteiger partial charge in [0.15, 0.2) is 0 Å². The van der Waals surface area contributed by atoms with Crippen molar-refractivity contribution in [1.29, 1.82) is 0 Å². The average Bonchev–Trinajstić information content (AvgIpc) is 2.38. The summed E-state index contributed by atoms with van der Waals surface area (Å²) < 4.78 is 5.57. The molecule has 0 fully saturated rings. The fraction of sp³-hybridized carbons (Fsp3) is 0.0714. The first-order valence-corrected chi connectivity index (χ1v) is 7.04. The van der Waals surface area contributed by atoms with Gasteiger partial charge in [-0.15, -0.1) is 0 Å². The number of hydrogen-bond donors (Lipinski definition) is 0. The maximum atomic E-state index is 11.3. The molecule has 2 aromatic carbocycles. The van der Waals surface area contributed by atoms with Crippen LogP contribution in [-0.2, 0) is 6.61 Å². The lowest BCUT2D eigenvalue weighted by molar-refractivity contribution is 0.107. The molecule has 0 aliphatic heterocycles. The zero-order chi connectivity index (χ0) is 14.7. The predicted octanol–water partition coefficient (Wildman–Crippen LogP) is 5.60. The van der Waals surface area contributed by atoms with E-state index >= 15 is 0 Å². The number of rotatable bonds is 4. The van der Waals surface area contributed by atoms with Crippen LogP contribution in [0.25, 0.3) is 0 Å². The third-order valence-electron chi connectivity index (χ3n) is 2.55. The number of carbonyl (C=O) groups excluding carboxylic acids is 1. The Kier molecular flexibility index (Phi) is 5.17. The lowest BCUT2D eigenvalue weighted by Crippen LogP contribution is -2.01. The van der Waals surface area contributed by atoms with Crippen LogP contribution in [0.1, 0.15) is 15.9 Å². The van der Waals surface area contributed by atoms with Crippen molar-refractivity contribution in [2.75, 3.05) is 0 Å². The molecule has 0 unspecified atom stereocenters. The molecule has 0 aliphatic rings. The van der Waals surface area contributed by atoms with E-state index in [2.05, 4.69) is 0 Å². The lowest BCUT2D eigenvalue weighted by atomic mass is 10.2. The van der Waals surface area contributed by atoms with Crippen molar-refractivity contribution in [3.63, 3.8) is 0 Å². The number of carbonyl (C=O) groups is 1. The Labute approximate surface area is 136 Å². The molecule has 0 saturated heterocycles. The van der Waals surface area contributed by atoms with Crippen molar-refractivity contribution >= 4 is 51.6 Å². The summed E-state index contributed by atoms with van der Waals surface area (Å²) in [5, 5.41) is 0.808. The molecule has 0 aliphatic carbocycles. The molecule has 0 bridgehead atoms. The number of halogens is 4. The molecule has 0 radical (unpaired) electrons. The molecule has 2 nitrogen and oxygen atoms in total. The van der Waals surface area contributed by atoms with Crippen LogP contribution < -0.4 is 4.74 Å². The van der Waals surface area contributed by atoms with E-state index in [4.69, 9.17) is 51.1 Å². The first kappa shape index (κ1) is 15.5. The fourth-order valence-corrected chi connectivity index (χ4v) is 2.36. The van der Waals surface area contributed by atoms with E-state index in [9.17, 15) is 4.79 Å². The molecule has 0 spiro atoms. The number of benzene rings is 2. The van der Waals surface area contributed by atoms with E-state index in [0.717, 1.165) is 5.56 Å². The van der Waals surface area contributed by atoms with Crippen LogP contribution in [0.5, 0.6) is 5.75 Å². The minimum absolute atomic E-state index is 0.189. The molecule has 2 aromatic rings. The summed E-state index contributed by atoms with van der Waals surface area (Å²) in [6.07, 6.45) is 0. The zero-order valence-corrected chi connectivity index (χ0v) is 13.0. The maximum Gasteiger partial charge on any atom is 0.256 e. The Hall–Kier alpha value is -0.930. The highest BCUT2D eigenvalue weighted by Crippen LogP contribution is 2.27. The van der Waals surface area contributed by atoms with Gasteiger partial charge in [0.1, 0.15) is 12.4 Å². The van der Waals surface area contributed by atoms with Gasteiger partial charge in [-0.25, -0.2) is 0 Å². The smallest absolute Gasteiger partial charge is 0.256 e. The van der Waals surface area contributed by atoms with Crippen molar-refractivity contribution < 1.29 is 9.53 Å². The fourth-order valence-electron chi connectivity index (χ4n) is 1.58. The second kappa shape index (κ2) is 6.68. The van der Waals surface area contributed by atoms with Gasteiger partial charge >= 0.3 is 0 Å².